The Kier molecular flexibility index (Phi) is 8.19. The fraction of sp³-hybridized carbons (Fsp3) is 0.414. The van der Waals surface area contributed by atoms with Crippen LogP contribution < -0.4 is 15.1 Å². The lowest BCUT2D eigenvalue weighted by molar-refractivity contribution is -0.189. The summed E-state index contributed by atoms with van der Waals surface area (Å²) in [6.07, 6.45) is -3.53. The summed E-state index contributed by atoms with van der Waals surface area (Å²) in [5, 5.41) is 8.66. The summed E-state index contributed by atoms with van der Waals surface area (Å²) >= 11 is 0. The van der Waals surface area contributed by atoms with Crippen molar-refractivity contribution in [2.24, 2.45) is 0 Å². The van der Waals surface area contributed by atoms with E-state index >= 15 is 0 Å². The van der Waals surface area contributed by atoms with Gasteiger partial charge in [0.25, 0.3) is 0 Å². The van der Waals surface area contributed by atoms with Gasteiger partial charge in [0.2, 0.25) is 11.5 Å². The highest BCUT2D eigenvalue weighted by molar-refractivity contribution is 5.97. The number of hydrogen-bond donors (Lipinski definition) is 1. The summed E-state index contributed by atoms with van der Waals surface area (Å²) in [5.74, 6) is -2.59. The predicted octanol–water partition coefficient (Wildman–Crippen LogP) is 5.77. The zero-order valence-corrected chi connectivity index (χ0v) is 23.2. The number of ketones is 1. The molecule has 7 nitrogen and oxygen atoms in total. The van der Waals surface area contributed by atoms with Gasteiger partial charge in [-0.1, -0.05) is 71.9 Å². The van der Waals surface area contributed by atoms with Crippen LogP contribution >= 0.6 is 0 Å². The number of aromatic nitrogens is 2. The number of benzene rings is 2. The summed E-state index contributed by atoms with van der Waals surface area (Å²) in [5.41, 5.74) is 0.300. The normalized spacial score (nSPS) is 12.4. The number of nitrogens with one attached hydrogen (secondary N) is 1. The van der Waals surface area contributed by atoms with E-state index in [1.165, 1.54) is 23.8 Å². The third kappa shape index (κ3) is 6.79. The van der Waals surface area contributed by atoms with Crippen LogP contribution in [0.3, 0.4) is 0 Å². The van der Waals surface area contributed by atoms with E-state index in [4.69, 9.17) is 14.9 Å². The topological polar surface area (TPSA) is 86.3 Å². The fourth-order valence-corrected chi connectivity index (χ4v) is 4.14. The molecular formula is C29H34F3N3O4. The highest BCUT2D eigenvalue weighted by atomic mass is 19.4. The van der Waals surface area contributed by atoms with Gasteiger partial charge in [-0.3, -0.25) is 14.8 Å². The zero-order valence-electron chi connectivity index (χ0n) is 23.2. The molecule has 3 aromatic rings. The van der Waals surface area contributed by atoms with E-state index in [1.807, 2.05) is 30.3 Å². The van der Waals surface area contributed by atoms with Crippen molar-refractivity contribution >= 4 is 11.8 Å². The number of methoxy groups -OCH3 is 1. The van der Waals surface area contributed by atoms with Gasteiger partial charge in [0.15, 0.2) is 5.78 Å². The van der Waals surface area contributed by atoms with Crippen LogP contribution in [0.25, 0.3) is 0 Å². The van der Waals surface area contributed by atoms with Crippen molar-refractivity contribution in [2.45, 2.75) is 71.6 Å². The molecular weight excluding hydrogens is 511 g/mol. The highest BCUT2D eigenvalue weighted by Gasteiger charge is 2.43. The maximum atomic E-state index is 13.6. The molecule has 0 radical (unpaired) electrons. The molecule has 0 amide bonds. The number of Topliss-reactive ketones (excluding diaryl/α,β-unsaturated/α-hetero) is 1. The lowest BCUT2D eigenvalue weighted by atomic mass is 9.78. The number of imidazole rings is 1. The van der Waals surface area contributed by atoms with Gasteiger partial charge in [-0.15, -0.1) is 0 Å². The Bertz CT molecular complexity index is 1390. The molecule has 0 aliphatic heterocycles. The van der Waals surface area contributed by atoms with Crippen molar-refractivity contribution in [3.05, 3.63) is 76.5 Å². The van der Waals surface area contributed by atoms with E-state index in [9.17, 15) is 22.8 Å². The first-order chi connectivity index (χ1) is 17.9. The van der Waals surface area contributed by atoms with Crippen LogP contribution in [0, 0.1) is 5.41 Å². The average Bonchev–Trinajstić information content (AvgIpc) is 3.11. The van der Waals surface area contributed by atoms with Crippen molar-refractivity contribution in [3.63, 3.8) is 0 Å². The average molecular weight is 546 g/mol. The van der Waals surface area contributed by atoms with Crippen LogP contribution in [-0.4, -0.2) is 34.2 Å². The van der Waals surface area contributed by atoms with Gasteiger partial charge in [-0.05, 0) is 28.5 Å². The third-order valence-electron chi connectivity index (χ3n) is 6.22. The molecule has 210 valence electrons. The molecule has 3 rings (SSSR count). The van der Waals surface area contributed by atoms with Crippen molar-refractivity contribution < 1.29 is 32.2 Å². The number of hydrogen-bond acceptors (Lipinski definition) is 5. The predicted molar refractivity (Wildman–Crippen MR) is 140 cm³/mol. The van der Waals surface area contributed by atoms with E-state index in [0.717, 1.165) is 5.56 Å². The molecule has 2 aromatic carbocycles. The number of carbonyl (C=O) groups excluding carboxylic acids is 2. The monoisotopic (exact) mass is 545 g/mol. The fourth-order valence-electron chi connectivity index (χ4n) is 4.14. The Hall–Kier alpha value is -3.82. The van der Waals surface area contributed by atoms with Crippen molar-refractivity contribution in [1.29, 1.82) is 5.41 Å². The van der Waals surface area contributed by atoms with Gasteiger partial charge in [0.05, 0.1) is 26.4 Å². The second-order valence-electron chi connectivity index (χ2n) is 11.4. The molecule has 0 atom stereocenters. The SMILES string of the molecule is COc1cn(Cc2ccccc2)c(=N)n1CC(=O)c1cc(C(C)(C)C)c(OC(=O)C(F)(F)F)c(C(C)(C)C)c1. The number of nitrogens with zero attached hydrogens (tertiary/aromatic N) is 2. The summed E-state index contributed by atoms with van der Waals surface area (Å²) in [4.78, 5) is 25.4. The minimum absolute atomic E-state index is 0.0480. The maximum Gasteiger partial charge on any atom is 0.491 e. The highest BCUT2D eigenvalue weighted by Crippen LogP contribution is 2.41. The molecule has 0 saturated heterocycles. The molecule has 0 spiro atoms. The molecule has 1 aromatic heterocycles. The van der Waals surface area contributed by atoms with E-state index in [1.54, 1.807) is 52.3 Å². The Morgan fingerprint density at radius 3 is 1.92 bits per heavy atom. The molecule has 0 saturated carbocycles. The van der Waals surface area contributed by atoms with E-state index in [-0.39, 0.29) is 29.3 Å². The van der Waals surface area contributed by atoms with Crippen LogP contribution in [0.2, 0.25) is 0 Å². The Morgan fingerprint density at radius 1 is 0.923 bits per heavy atom. The van der Waals surface area contributed by atoms with Gasteiger partial charge in [0.1, 0.15) is 5.75 Å². The number of ether oxygens (including phenoxy) is 2. The Balaban J connectivity index is 2.09. The Morgan fingerprint density at radius 2 is 1.46 bits per heavy atom. The van der Waals surface area contributed by atoms with Gasteiger partial charge in [0, 0.05) is 16.7 Å². The van der Waals surface area contributed by atoms with E-state index < -0.39 is 23.0 Å². The number of carbonyl (C=O) groups is 2. The molecule has 0 bridgehead atoms. The molecule has 1 N–H and O–H groups in total. The van der Waals surface area contributed by atoms with Crippen LogP contribution in [0.4, 0.5) is 13.2 Å². The van der Waals surface area contributed by atoms with Crippen molar-refractivity contribution in [1.82, 2.24) is 9.13 Å². The van der Waals surface area contributed by atoms with Gasteiger partial charge < -0.3 is 14.0 Å². The van der Waals surface area contributed by atoms with Gasteiger partial charge in [-0.2, -0.15) is 13.2 Å². The molecule has 0 unspecified atom stereocenters. The van der Waals surface area contributed by atoms with Gasteiger partial charge >= 0.3 is 12.1 Å². The summed E-state index contributed by atoms with van der Waals surface area (Å²) in [6, 6.07) is 12.5. The molecule has 0 fully saturated rings. The lowest BCUT2D eigenvalue weighted by Gasteiger charge is -2.30. The van der Waals surface area contributed by atoms with Crippen LogP contribution in [-0.2, 0) is 28.7 Å². The van der Waals surface area contributed by atoms with Crippen LogP contribution in [0.1, 0.15) is 68.6 Å². The Labute approximate surface area is 225 Å². The quantitative estimate of drug-likeness (QED) is 0.232. The second-order valence-corrected chi connectivity index (χ2v) is 11.4. The van der Waals surface area contributed by atoms with Gasteiger partial charge in [-0.25, -0.2) is 4.79 Å². The van der Waals surface area contributed by atoms with Crippen LogP contribution in [0.5, 0.6) is 11.6 Å². The largest absolute Gasteiger partial charge is 0.491 e. The first-order valence-corrected chi connectivity index (χ1v) is 12.4. The molecule has 0 aliphatic carbocycles. The van der Waals surface area contributed by atoms with E-state index in [2.05, 4.69) is 0 Å². The third-order valence-corrected chi connectivity index (χ3v) is 6.22. The lowest BCUT2D eigenvalue weighted by Crippen LogP contribution is -2.31. The first-order valence-electron chi connectivity index (χ1n) is 12.4. The van der Waals surface area contributed by atoms with Crippen molar-refractivity contribution in [3.8, 4) is 11.6 Å². The summed E-state index contributed by atoms with van der Waals surface area (Å²) in [7, 11) is 1.45. The number of rotatable bonds is 7. The molecule has 10 heteroatoms. The maximum absolute atomic E-state index is 13.6. The van der Waals surface area contributed by atoms with E-state index in [0.29, 0.717) is 23.6 Å². The molecule has 1 heterocycles. The number of esters is 1. The second kappa shape index (κ2) is 10.7. The number of halogens is 3. The summed E-state index contributed by atoms with van der Waals surface area (Å²) < 4.78 is 52.8. The summed E-state index contributed by atoms with van der Waals surface area (Å²) in [6.45, 7) is 10.7. The van der Waals surface area contributed by atoms with Crippen molar-refractivity contribution in [2.75, 3.05) is 7.11 Å². The molecule has 39 heavy (non-hydrogen) atoms. The zero-order chi connectivity index (χ0) is 29.3. The molecule has 0 aliphatic rings. The minimum atomic E-state index is -5.18. The van der Waals surface area contributed by atoms with Crippen LogP contribution in [0.15, 0.2) is 48.7 Å². The minimum Gasteiger partial charge on any atom is -0.481 e. The smallest absolute Gasteiger partial charge is 0.481 e. The standard InChI is InChI=1S/C29H34F3N3O4/c1-27(2,3)20-13-19(14-21(28(4,5)6)24(20)39-25(37)29(30,31)32)22(36)16-35-23(38-7)17-34(26(35)33)15-18-11-9-8-10-12-18/h8-14,17,33H,15-16H2,1-7H3. The first kappa shape index (κ1) is 29.7. The number of alkyl halides is 3.